The highest BCUT2D eigenvalue weighted by Crippen LogP contribution is 2.44. The zero-order valence-electron chi connectivity index (χ0n) is 16.6. The second-order valence-corrected chi connectivity index (χ2v) is 8.39. The van der Waals surface area contributed by atoms with Gasteiger partial charge in [-0.25, -0.2) is 4.98 Å². The molecule has 3 aromatic rings. The molecule has 2 aliphatic rings. The maximum Gasteiger partial charge on any atom is 0.257 e. The van der Waals surface area contributed by atoms with Gasteiger partial charge in [-0.1, -0.05) is 18.9 Å². The average molecular weight is 387 g/mol. The second kappa shape index (κ2) is 7.14. The lowest BCUT2D eigenvalue weighted by atomic mass is 9.98. The molecular formula is C24H25N3O2. The molecule has 2 N–H and O–H groups in total. The predicted octanol–water partition coefficient (Wildman–Crippen LogP) is 4.90. The minimum Gasteiger partial charge on any atom is -0.329 e. The van der Waals surface area contributed by atoms with Crippen molar-refractivity contribution in [2.75, 3.05) is 5.32 Å². The van der Waals surface area contributed by atoms with E-state index >= 15 is 0 Å². The maximum absolute atomic E-state index is 12.6. The van der Waals surface area contributed by atoms with Crippen LogP contribution in [0.1, 0.15) is 55.6 Å². The monoisotopic (exact) mass is 387 g/mol. The van der Waals surface area contributed by atoms with Gasteiger partial charge >= 0.3 is 0 Å². The topological polar surface area (TPSA) is 74.8 Å². The normalized spacial score (nSPS) is 17.0. The number of pyridine rings is 2. The molecule has 5 nitrogen and oxygen atoms in total. The van der Waals surface area contributed by atoms with E-state index in [-0.39, 0.29) is 17.4 Å². The smallest absolute Gasteiger partial charge is 0.257 e. The summed E-state index contributed by atoms with van der Waals surface area (Å²) in [7, 11) is 0. The van der Waals surface area contributed by atoms with Crippen molar-refractivity contribution in [3.05, 3.63) is 58.0 Å². The number of aromatic amines is 1. The van der Waals surface area contributed by atoms with Gasteiger partial charge < -0.3 is 10.3 Å². The summed E-state index contributed by atoms with van der Waals surface area (Å²) >= 11 is 0. The highest BCUT2D eigenvalue weighted by atomic mass is 16.2. The van der Waals surface area contributed by atoms with Crippen molar-refractivity contribution in [1.82, 2.24) is 9.97 Å². The van der Waals surface area contributed by atoms with Crippen LogP contribution in [0.3, 0.4) is 0 Å². The molecule has 148 valence electrons. The van der Waals surface area contributed by atoms with Crippen LogP contribution in [0.2, 0.25) is 0 Å². The lowest BCUT2D eigenvalue weighted by Crippen LogP contribution is -2.20. The number of carbonyl (C=O) groups excluding carboxylic acids is 1. The number of benzene rings is 1. The summed E-state index contributed by atoms with van der Waals surface area (Å²) in [5.41, 5.74) is 5.05. The molecule has 1 amide bonds. The van der Waals surface area contributed by atoms with Crippen molar-refractivity contribution < 1.29 is 4.79 Å². The third kappa shape index (κ3) is 3.35. The summed E-state index contributed by atoms with van der Waals surface area (Å²) in [6.07, 6.45) is 8.20. The van der Waals surface area contributed by atoms with E-state index in [1.807, 2.05) is 25.1 Å². The molecule has 2 fully saturated rings. The highest BCUT2D eigenvalue weighted by molar-refractivity contribution is 5.98. The van der Waals surface area contributed by atoms with Gasteiger partial charge in [-0.3, -0.25) is 9.59 Å². The first-order valence-electron chi connectivity index (χ1n) is 10.5. The van der Waals surface area contributed by atoms with Crippen LogP contribution in [0.25, 0.3) is 22.2 Å². The Bertz CT molecular complexity index is 1150. The zero-order chi connectivity index (χ0) is 20.0. The Morgan fingerprint density at radius 1 is 1.14 bits per heavy atom. The molecule has 0 saturated heterocycles. The van der Waals surface area contributed by atoms with E-state index in [4.69, 9.17) is 4.98 Å². The van der Waals surface area contributed by atoms with E-state index in [2.05, 4.69) is 22.4 Å². The minimum atomic E-state index is -0.135. The standard InChI is InChI=1S/C24H25N3O2/c1-14-20(27-23(28)16-5-2-3-6-16)11-10-17-19(15-8-9-15)13-21(26-22(14)17)18-7-4-12-25-24(18)29/h4,7,10-13,15-16H,2-3,5-6,8-9H2,1H3,(H,25,29)(H,27,28). The van der Waals surface area contributed by atoms with Crippen LogP contribution >= 0.6 is 0 Å². The largest absolute Gasteiger partial charge is 0.329 e. The van der Waals surface area contributed by atoms with E-state index in [1.165, 1.54) is 18.4 Å². The molecule has 2 heterocycles. The number of hydrogen-bond donors (Lipinski definition) is 2. The van der Waals surface area contributed by atoms with Gasteiger partial charge in [0.2, 0.25) is 5.91 Å². The van der Waals surface area contributed by atoms with Gasteiger partial charge in [-0.05, 0) is 73.9 Å². The minimum absolute atomic E-state index is 0.114. The van der Waals surface area contributed by atoms with Crippen LogP contribution in [0.4, 0.5) is 5.69 Å². The third-order valence-electron chi connectivity index (χ3n) is 6.36. The number of fused-ring (bicyclic) bond motifs is 1. The number of hydrogen-bond acceptors (Lipinski definition) is 3. The van der Waals surface area contributed by atoms with Crippen LogP contribution in [0.15, 0.2) is 41.3 Å². The van der Waals surface area contributed by atoms with E-state index in [0.29, 0.717) is 17.2 Å². The molecule has 1 aromatic carbocycles. The Morgan fingerprint density at radius 2 is 1.93 bits per heavy atom. The van der Waals surface area contributed by atoms with E-state index in [0.717, 1.165) is 47.8 Å². The molecular weight excluding hydrogens is 362 g/mol. The first-order chi connectivity index (χ1) is 14.1. The van der Waals surface area contributed by atoms with Crippen LogP contribution < -0.4 is 10.9 Å². The third-order valence-corrected chi connectivity index (χ3v) is 6.36. The fourth-order valence-electron chi connectivity index (χ4n) is 4.51. The summed E-state index contributed by atoms with van der Waals surface area (Å²) in [6, 6.07) is 9.79. The molecule has 0 aliphatic heterocycles. The number of rotatable bonds is 4. The van der Waals surface area contributed by atoms with Crippen molar-refractivity contribution in [1.29, 1.82) is 0 Å². The van der Waals surface area contributed by atoms with Crippen molar-refractivity contribution in [2.45, 2.75) is 51.4 Å². The molecule has 5 rings (SSSR count). The van der Waals surface area contributed by atoms with Gasteiger partial charge in [0.25, 0.3) is 5.56 Å². The Kier molecular flexibility index (Phi) is 4.46. The van der Waals surface area contributed by atoms with Gasteiger partial charge in [0, 0.05) is 23.2 Å². The Hall–Kier alpha value is -2.95. The molecule has 29 heavy (non-hydrogen) atoms. The number of H-pyrrole nitrogens is 1. The summed E-state index contributed by atoms with van der Waals surface area (Å²) in [5, 5.41) is 4.26. The number of anilines is 1. The fourth-order valence-corrected chi connectivity index (χ4v) is 4.51. The quantitative estimate of drug-likeness (QED) is 0.668. The van der Waals surface area contributed by atoms with E-state index in [1.54, 1.807) is 6.20 Å². The van der Waals surface area contributed by atoms with Crippen LogP contribution in [-0.2, 0) is 4.79 Å². The van der Waals surface area contributed by atoms with Crippen molar-refractivity contribution in [3.8, 4) is 11.3 Å². The maximum atomic E-state index is 12.6. The number of nitrogens with one attached hydrogen (secondary N) is 2. The Morgan fingerprint density at radius 3 is 2.66 bits per heavy atom. The van der Waals surface area contributed by atoms with Crippen molar-refractivity contribution in [2.24, 2.45) is 5.92 Å². The number of aromatic nitrogens is 2. The van der Waals surface area contributed by atoms with E-state index in [9.17, 15) is 9.59 Å². The number of amides is 1. The molecule has 2 aliphatic carbocycles. The molecule has 0 spiro atoms. The molecule has 2 saturated carbocycles. The summed E-state index contributed by atoms with van der Waals surface area (Å²) in [6.45, 7) is 2.01. The summed E-state index contributed by atoms with van der Waals surface area (Å²) < 4.78 is 0. The fraction of sp³-hybridized carbons (Fsp3) is 0.375. The Labute approximate surface area is 169 Å². The molecule has 0 unspecified atom stereocenters. The number of nitrogens with zero attached hydrogens (tertiary/aromatic N) is 1. The zero-order valence-corrected chi connectivity index (χ0v) is 16.6. The van der Waals surface area contributed by atoms with Crippen LogP contribution in [0, 0.1) is 12.8 Å². The van der Waals surface area contributed by atoms with Crippen molar-refractivity contribution >= 4 is 22.5 Å². The number of carbonyl (C=O) groups is 1. The lowest BCUT2D eigenvalue weighted by molar-refractivity contribution is -0.119. The average Bonchev–Trinajstić information content (AvgIpc) is 3.43. The Balaban J connectivity index is 1.62. The molecule has 0 radical (unpaired) electrons. The van der Waals surface area contributed by atoms with Gasteiger partial charge in [0.05, 0.1) is 16.8 Å². The molecule has 0 bridgehead atoms. The first kappa shape index (κ1) is 18.1. The van der Waals surface area contributed by atoms with Gasteiger partial charge in [-0.2, -0.15) is 0 Å². The van der Waals surface area contributed by atoms with Crippen LogP contribution in [0.5, 0.6) is 0 Å². The first-order valence-corrected chi connectivity index (χ1v) is 10.5. The number of aryl methyl sites for hydroxylation is 1. The van der Waals surface area contributed by atoms with Gasteiger partial charge in [-0.15, -0.1) is 0 Å². The molecule has 0 atom stereocenters. The lowest BCUT2D eigenvalue weighted by Gasteiger charge is -2.16. The predicted molar refractivity (Wildman–Crippen MR) is 115 cm³/mol. The molecule has 2 aromatic heterocycles. The highest BCUT2D eigenvalue weighted by Gasteiger charge is 2.28. The SMILES string of the molecule is Cc1c(NC(=O)C2CCCC2)ccc2c(C3CC3)cc(-c3ccc[nH]c3=O)nc12. The summed E-state index contributed by atoms with van der Waals surface area (Å²) in [4.78, 5) is 32.6. The summed E-state index contributed by atoms with van der Waals surface area (Å²) in [5.74, 6) is 0.762. The van der Waals surface area contributed by atoms with Gasteiger partial charge in [0.15, 0.2) is 0 Å². The second-order valence-electron chi connectivity index (χ2n) is 8.39. The van der Waals surface area contributed by atoms with Crippen LogP contribution in [-0.4, -0.2) is 15.9 Å². The molecule has 5 heteroatoms. The van der Waals surface area contributed by atoms with Gasteiger partial charge in [0.1, 0.15) is 0 Å². The van der Waals surface area contributed by atoms with E-state index < -0.39 is 0 Å². The van der Waals surface area contributed by atoms with Crippen molar-refractivity contribution in [3.63, 3.8) is 0 Å².